The Balaban J connectivity index is 2.23. The van der Waals surface area contributed by atoms with E-state index >= 15 is 0 Å². The molecule has 0 spiro atoms. The van der Waals surface area contributed by atoms with E-state index < -0.39 is 11.4 Å². The number of likely N-dealkylation sites (tertiary alicyclic amines) is 1. The van der Waals surface area contributed by atoms with Crippen LogP contribution in [0.1, 0.15) is 33.1 Å². The summed E-state index contributed by atoms with van der Waals surface area (Å²) in [5.41, 5.74) is -0.583. The Kier molecular flexibility index (Phi) is 4.95. The van der Waals surface area contributed by atoms with Gasteiger partial charge in [-0.1, -0.05) is 0 Å². The number of likely N-dealkylation sites (N-methyl/N-ethyl adjacent to an activating group) is 1. The fraction of sp³-hybridized carbons (Fsp3) is 0.923. The first kappa shape index (κ1) is 14.5. The summed E-state index contributed by atoms with van der Waals surface area (Å²) in [6.07, 6.45) is 2.96. The summed E-state index contributed by atoms with van der Waals surface area (Å²) < 4.78 is 0. The smallest absolute Gasteiger partial charge is 0.309 e. The minimum absolute atomic E-state index is 0.583. The first-order chi connectivity index (χ1) is 7.83. The topological polar surface area (TPSA) is 43.8 Å². The van der Waals surface area contributed by atoms with Gasteiger partial charge in [-0.15, -0.1) is 0 Å². The lowest BCUT2D eigenvalue weighted by molar-refractivity contribution is -0.147. The van der Waals surface area contributed by atoms with Gasteiger partial charge in [0.2, 0.25) is 0 Å². The molecule has 1 aliphatic heterocycles. The van der Waals surface area contributed by atoms with Gasteiger partial charge in [0.15, 0.2) is 0 Å². The highest BCUT2D eigenvalue weighted by molar-refractivity contribution is 5.73. The molecule has 1 N–H and O–H groups in total. The molecule has 0 bridgehead atoms. The van der Waals surface area contributed by atoms with Crippen molar-refractivity contribution >= 4 is 5.97 Å². The van der Waals surface area contributed by atoms with Crippen LogP contribution in [-0.2, 0) is 4.79 Å². The maximum Gasteiger partial charge on any atom is 0.309 e. The Morgan fingerprint density at radius 1 is 1.47 bits per heavy atom. The van der Waals surface area contributed by atoms with Crippen molar-refractivity contribution in [2.45, 2.75) is 39.2 Å². The molecule has 0 radical (unpaired) electrons. The summed E-state index contributed by atoms with van der Waals surface area (Å²) in [5.74, 6) is -0.690. The Labute approximate surface area is 105 Å². The van der Waals surface area contributed by atoms with Crippen molar-refractivity contribution in [2.24, 2.45) is 5.41 Å². The van der Waals surface area contributed by atoms with Gasteiger partial charge in [0, 0.05) is 12.6 Å². The van der Waals surface area contributed by atoms with E-state index in [1.165, 1.54) is 6.42 Å². The zero-order valence-electron chi connectivity index (χ0n) is 11.6. The third kappa shape index (κ3) is 4.28. The molecule has 0 aromatic rings. The highest BCUT2D eigenvalue weighted by atomic mass is 16.4. The van der Waals surface area contributed by atoms with Gasteiger partial charge in [-0.05, 0) is 60.3 Å². The maximum atomic E-state index is 11.0. The first-order valence-corrected chi connectivity index (χ1v) is 6.45. The molecule has 0 aromatic heterocycles. The molecule has 4 nitrogen and oxygen atoms in total. The Hall–Kier alpha value is -0.610. The Bertz CT molecular complexity index is 264. The highest BCUT2D eigenvalue weighted by Gasteiger charge is 2.28. The van der Waals surface area contributed by atoms with Crippen LogP contribution in [0.5, 0.6) is 0 Å². The molecule has 1 unspecified atom stereocenters. The van der Waals surface area contributed by atoms with Gasteiger partial charge in [-0.2, -0.15) is 0 Å². The second-order valence-electron chi connectivity index (χ2n) is 6.00. The van der Waals surface area contributed by atoms with Crippen molar-refractivity contribution in [3.63, 3.8) is 0 Å². The van der Waals surface area contributed by atoms with Crippen LogP contribution in [0.25, 0.3) is 0 Å². The number of hydrogen-bond donors (Lipinski definition) is 1. The van der Waals surface area contributed by atoms with Crippen molar-refractivity contribution < 1.29 is 9.90 Å². The van der Waals surface area contributed by atoms with E-state index in [0.29, 0.717) is 6.04 Å². The third-order valence-corrected chi connectivity index (χ3v) is 3.83. The van der Waals surface area contributed by atoms with Gasteiger partial charge in [0.1, 0.15) is 0 Å². The van der Waals surface area contributed by atoms with Crippen LogP contribution in [0.2, 0.25) is 0 Å². The predicted molar refractivity (Wildman–Crippen MR) is 69.2 cm³/mol. The molecule has 1 heterocycles. The summed E-state index contributed by atoms with van der Waals surface area (Å²) in [7, 11) is 4.25. The molecule has 0 aliphatic carbocycles. The molecule has 1 fully saturated rings. The molecule has 17 heavy (non-hydrogen) atoms. The lowest BCUT2D eigenvalue weighted by atomic mass is 9.88. The van der Waals surface area contributed by atoms with Crippen LogP contribution in [0.4, 0.5) is 0 Å². The zero-order valence-corrected chi connectivity index (χ0v) is 11.6. The molecule has 4 heteroatoms. The molecular weight excluding hydrogens is 216 g/mol. The summed E-state index contributed by atoms with van der Waals surface area (Å²) in [4.78, 5) is 15.7. The fourth-order valence-electron chi connectivity index (χ4n) is 2.29. The molecule has 1 aliphatic rings. The molecule has 1 atom stereocenters. The summed E-state index contributed by atoms with van der Waals surface area (Å²) in [6, 6.07) is 0.669. The van der Waals surface area contributed by atoms with Gasteiger partial charge in [-0.25, -0.2) is 0 Å². The van der Waals surface area contributed by atoms with Crippen molar-refractivity contribution in [1.82, 2.24) is 9.80 Å². The minimum Gasteiger partial charge on any atom is -0.481 e. The average molecular weight is 242 g/mol. The van der Waals surface area contributed by atoms with Crippen molar-refractivity contribution in [2.75, 3.05) is 33.7 Å². The summed E-state index contributed by atoms with van der Waals surface area (Å²) >= 11 is 0. The van der Waals surface area contributed by atoms with E-state index in [4.69, 9.17) is 5.11 Å². The molecular formula is C13H26N2O2. The average Bonchev–Trinajstić information content (AvgIpc) is 2.66. The van der Waals surface area contributed by atoms with Crippen molar-refractivity contribution in [1.29, 1.82) is 0 Å². The lowest BCUT2D eigenvalue weighted by Gasteiger charge is -2.22. The number of carbonyl (C=O) groups is 1. The number of rotatable bonds is 6. The van der Waals surface area contributed by atoms with E-state index in [2.05, 4.69) is 23.9 Å². The monoisotopic (exact) mass is 242 g/mol. The van der Waals surface area contributed by atoms with Gasteiger partial charge >= 0.3 is 5.97 Å². The standard InChI is InChI=1S/C13H26N2O2/c1-13(2,12(16)17)7-5-8-15-9-6-11(10-15)14(3)4/h11H,5-10H2,1-4H3,(H,16,17). The van der Waals surface area contributed by atoms with Crippen LogP contribution >= 0.6 is 0 Å². The number of hydrogen-bond acceptors (Lipinski definition) is 3. The largest absolute Gasteiger partial charge is 0.481 e. The molecule has 1 saturated heterocycles. The van der Waals surface area contributed by atoms with Crippen molar-refractivity contribution in [3.05, 3.63) is 0 Å². The zero-order chi connectivity index (χ0) is 13.1. The van der Waals surface area contributed by atoms with Gasteiger partial charge in [0.05, 0.1) is 5.41 Å². The van der Waals surface area contributed by atoms with Crippen LogP contribution < -0.4 is 0 Å². The molecule has 1 rings (SSSR count). The molecule has 0 saturated carbocycles. The van der Waals surface area contributed by atoms with E-state index in [0.717, 1.165) is 32.5 Å². The van der Waals surface area contributed by atoms with Crippen molar-refractivity contribution in [3.8, 4) is 0 Å². The lowest BCUT2D eigenvalue weighted by Crippen LogP contribution is -2.32. The van der Waals surface area contributed by atoms with E-state index in [9.17, 15) is 4.79 Å². The second-order valence-corrected chi connectivity index (χ2v) is 6.00. The van der Waals surface area contributed by atoms with Gasteiger partial charge in [-0.3, -0.25) is 4.79 Å². The third-order valence-electron chi connectivity index (χ3n) is 3.83. The summed E-state index contributed by atoms with van der Waals surface area (Å²) in [6.45, 7) is 6.92. The first-order valence-electron chi connectivity index (χ1n) is 6.45. The Morgan fingerprint density at radius 3 is 2.59 bits per heavy atom. The Morgan fingerprint density at radius 2 is 2.12 bits per heavy atom. The molecule has 100 valence electrons. The van der Waals surface area contributed by atoms with E-state index in [1.807, 2.05) is 13.8 Å². The maximum absolute atomic E-state index is 11.0. The number of nitrogens with zero attached hydrogens (tertiary/aromatic N) is 2. The van der Waals surface area contributed by atoms with Crippen LogP contribution in [0, 0.1) is 5.41 Å². The fourth-order valence-corrected chi connectivity index (χ4v) is 2.29. The highest BCUT2D eigenvalue weighted by Crippen LogP contribution is 2.23. The summed E-state index contributed by atoms with van der Waals surface area (Å²) in [5, 5.41) is 9.03. The number of aliphatic carboxylic acids is 1. The predicted octanol–water partition coefficient (Wildman–Crippen LogP) is 1.51. The van der Waals surface area contributed by atoms with Crippen LogP contribution in [0.15, 0.2) is 0 Å². The minimum atomic E-state index is -0.690. The quantitative estimate of drug-likeness (QED) is 0.767. The molecule has 0 amide bonds. The number of carboxylic acids is 1. The SMILES string of the molecule is CN(C)C1CCN(CCCC(C)(C)C(=O)O)C1. The van der Waals surface area contributed by atoms with Crippen LogP contribution in [-0.4, -0.2) is 60.6 Å². The van der Waals surface area contributed by atoms with E-state index in [-0.39, 0.29) is 0 Å². The van der Waals surface area contributed by atoms with Gasteiger partial charge in [0.25, 0.3) is 0 Å². The number of carboxylic acid groups (broad SMARTS) is 1. The van der Waals surface area contributed by atoms with Crippen LogP contribution in [0.3, 0.4) is 0 Å². The van der Waals surface area contributed by atoms with E-state index in [1.54, 1.807) is 0 Å². The normalized spacial score (nSPS) is 22.3. The second kappa shape index (κ2) is 5.83. The van der Waals surface area contributed by atoms with Gasteiger partial charge < -0.3 is 14.9 Å². The molecule has 0 aromatic carbocycles.